The van der Waals surface area contributed by atoms with Crippen LogP contribution in [-0.2, 0) is 12.2 Å². The number of fused-ring (bicyclic) bond motifs is 1. The Morgan fingerprint density at radius 2 is 2.13 bits per heavy atom. The highest BCUT2D eigenvalue weighted by atomic mass is 35.5. The van der Waals surface area contributed by atoms with E-state index < -0.39 is 5.66 Å². The second-order valence-electron chi connectivity index (χ2n) is 7.74. The number of guanidine groups is 3. The van der Waals surface area contributed by atoms with Crippen molar-refractivity contribution in [1.82, 2.24) is 15.3 Å². The molecule has 2 unspecified atom stereocenters. The summed E-state index contributed by atoms with van der Waals surface area (Å²) in [5.74, 6) is 1.37. The maximum atomic E-state index is 6.18. The molecule has 0 bridgehead atoms. The lowest BCUT2D eigenvalue weighted by atomic mass is 9.96. The number of halogens is 1. The molecule has 3 aliphatic rings. The third-order valence-corrected chi connectivity index (χ3v) is 5.93. The number of nitrogens with one attached hydrogen (secondary N) is 1. The molecular weight excluding hydrogens is 404 g/mol. The first-order valence-electron chi connectivity index (χ1n) is 9.91. The molecule has 1 saturated heterocycles. The molecule has 0 aliphatic carbocycles. The van der Waals surface area contributed by atoms with Gasteiger partial charge in [-0.2, -0.15) is 15.4 Å². The number of hydrazine groups is 1. The van der Waals surface area contributed by atoms with Gasteiger partial charge in [-0.15, -0.1) is 0 Å². The Hall–Kier alpha value is -2.88. The second kappa shape index (κ2) is 7.42. The van der Waals surface area contributed by atoms with E-state index in [0.717, 1.165) is 31.0 Å². The zero-order chi connectivity index (χ0) is 20.7. The third-order valence-electron chi connectivity index (χ3n) is 5.69. The largest absolute Gasteiger partial charge is 0.465 e. The van der Waals surface area contributed by atoms with Crippen molar-refractivity contribution in [3.63, 3.8) is 0 Å². The van der Waals surface area contributed by atoms with Crippen molar-refractivity contribution in [2.45, 2.75) is 37.5 Å². The Kier molecular flexibility index (Phi) is 4.73. The summed E-state index contributed by atoms with van der Waals surface area (Å²) in [6.45, 7) is 1.84. The Labute approximate surface area is 179 Å². The predicted octanol–water partition coefficient (Wildman–Crippen LogP) is 1.96. The number of hydrogen-bond acceptors (Lipinski definition) is 9. The minimum Gasteiger partial charge on any atom is -0.465 e. The Morgan fingerprint density at radius 1 is 1.23 bits per heavy atom. The first kappa shape index (κ1) is 19.1. The highest BCUT2D eigenvalue weighted by Crippen LogP contribution is 2.38. The van der Waals surface area contributed by atoms with Gasteiger partial charge in [0.05, 0.1) is 6.26 Å². The molecule has 2 aromatic rings. The molecule has 0 amide bonds. The molecule has 1 fully saturated rings. The van der Waals surface area contributed by atoms with E-state index >= 15 is 0 Å². The third kappa shape index (κ3) is 3.45. The minimum absolute atomic E-state index is 0.0861. The number of likely N-dealkylation sites (tertiary alicyclic amines) is 1. The number of hydrogen-bond donors (Lipinski definition) is 3. The van der Waals surface area contributed by atoms with Crippen LogP contribution in [0, 0.1) is 0 Å². The van der Waals surface area contributed by atoms with E-state index in [4.69, 9.17) is 32.5 Å². The fourth-order valence-electron chi connectivity index (χ4n) is 4.37. The van der Waals surface area contributed by atoms with Gasteiger partial charge in [-0.3, -0.25) is 4.90 Å². The van der Waals surface area contributed by atoms with Gasteiger partial charge in [-0.25, -0.2) is 10.0 Å². The summed E-state index contributed by atoms with van der Waals surface area (Å²) in [4.78, 5) is 15.6. The van der Waals surface area contributed by atoms with Crippen LogP contribution >= 0.6 is 11.6 Å². The molecule has 1 aromatic heterocycles. The molecule has 2 atom stereocenters. The average Bonchev–Trinajstić information content (AvgIpc) is 3.43. The molecule has 30 heavy (non-hydrogen) atoms. The van der Waals surface area contributed by atoms with Crippen molar-refractivity contribution in [3.8, 4) is 0 Å². The van der Waals surface area contributed by atoms with Crippen LogP contribution in [-0.4, -0.2) is 40.4 Å². The summed E-state index contributed by atoms with van der Waals surface area (Å²) < 4.78 is 5.78. The molecule has 156 valence electrons. The molecule has 5 N–H and O–H groups in total. The quantitative estimate of drug-likeness (QED) is 0.672. The fourth-order valence-corrected chi connectivity index (χ4v) is 4.58. The van der Waals surface area contributed by atoms with Crippen molar-refractivity contribution in [2.24, 2.45) is 26.4 Å². The van der Waals surface area contributed by atoms with Crippen molar-refractivity contribution in [3.05, 3.63) is 59.0 Å². The van der Waals surface area contributed by atoms with Crippen LogP contribution in [0.15, 0.2) is 62.1 Å². The molecule has 0 radical (unpaired) electrons. The maximum absolute atomic E-state index is 6.18. The van der Waals surface area contributed by atoms with E-state index in [1.54, 1.807) is 11.3 Å². The van der Waals surface area contributed by atoms with E-state index in [1.165, 1.54) is 5.56 Å². The fraction of sp³-hybridized carbons (Fsp3) is 0.350. The van der Waals surface area contributed by atoms with Gasteiger partial charge in [-0.1, -0.05) is 23.7 Å². The number of benzene rings is 1. The van der Waals surface area contributed by atoms with Crippen LogP contribution < -0.4 is 16.9 Å². The van der Waals surface area contributed by atoms with E-state index in [2.05, 4.69) is 26.4 Å². The molecule has 4 heterocycles. The number of rotatable bonds is 5. The summed E-state index contributed by atoms with van der Waals surface area (Å²) in [7, 11) is 0. The molecule has 9 nitrogen and oxygen atoms in total. The Balaban J connectivity index is 1.44. The van der Waals surface area contributed by atoms with Gasteiger partial charge >= 0.3 is 0 Å². The van der Waals surface area contributed by atoms with Gasteiger partial charge in [0.15, 0.2) is 5.66 Å². The molecule has 5 rings (SSSR count). The molecule has 3 aliphatic heterocycles. The zero-order valence-corrected chi connectivity index (χ0v) is 17.1. The van der Waals surface area contributed by atoms with Gasteiger partial charge in [0.25, 0.3) is 0 Å². The highest BCUT2D eigenvalue weighted by Gasteiger charge is 2.48. The first-order chi connectivity index (χ1) is 14.5. The monoisotopic (exact) mass is 426 g/mol. The lowest BCUT2D eigenvalue weighted by Gasteiger charge is -2.33. The van der Waals surface area contributed by atoms with Gasteiger partial charge in [0, 0.05) is 24.0 Å². The van der Waals surface area contributed by atoms with Crippen molar-refractivity contribution in [1.29, 1.82) is 0 Å². The van der Waals surface area contributed by atoms with E-state index in [0.29, 0.717) is 18.1 Å². The second-order valence-corrected chi connectivity index (χ2v) is 8.17. The average molecular weight is 427 g/mol. The number of aliphatic imine (C=N–C) groups is 3. The summed E-state index contributed by atoms with van der Waals surface area (Å²) in [5.41, 5.74) is 15.6. The van der Waals surface area contributed by atoms with E-state index in [1.807, 2.05) is 30.3 Å². The predicted molar refractivity (Wildman–Crippen MR) is 116 cm³/mol. The lowest BCUT2D eigenvalue weighted by Crippen LogP contribution is -2.55. The smallest absolute Gasteiger partial charge is 0.248 e. The van der Waals surface area contributed by atoms with Crippen LogP contribution in [0.2, 0.25) is 5.02 Å². The summed E-state index contributed by atoms with van der Waals surface area (Å²) >= 11 is 6.18. The normalized spacial score (nSPS) is 26.4. The van der Waals surface area contributed by atoms with Crippen molar-refractivity contribution >= 4 is 29.5 Å². The number of nitrogens with two attached hydrogens (primary N) is 2. The van der Waals surface area contributed by atoms with Crippen molar-refractivity contribution in [2.75, 3.05) is 6.54 Å². The van der Waals surface area contributed by atoms with Gasteiger partial charge in [0.1, 0.15) is 5.76 Å². The van der Waals surface area contributed by atoms with Crippen LogP contribution in [0.5, 0.6) is 0 Å². The summed E-state index contributed by atoms with van der Waals surface area (Å²) in [6, 6.07) is 12.0. The summed E-state index contributed by atoms with van der Waals surface area (Å²) in [6.07, 6.45) is 4.51. The van der Waals surface area contributed by atoms with E-state index in [9.17, 15) is 0 Å². The zero-order valence-electron chi connectivity index (χ0n) is 16.3. The summed E-state index contributed by atoms with van der Waals surface area (Å²) in [5, 5.41) is 2.32. The van der Waals surface area contributed by atoms with Crippen LogP contribution in [0.25, 0.3) is 0 Å². The van der Waals surface area contributed by atoms with Crippen LogP contribution in [0.1, 0.15) is 30.6 Å². The molecule has 10 heteroatoms. The van der Waals surface area contributed by atoms with Gasteiger partial charge in [-0.05, 0) is 49.2 Å². The van der Waals surface area contributed by atoms with E-state index in [-0.39, 0.29) is 18.0 Å². The number of nitrogens with zero attached hydrogens (tertiary/aromatic N) is 5. The topological polar surface area (TPSA) is 121 Å². The lowest BCUT2D eigenvalue weighted by molar-refractivity contribution is 0.147. The Bertz CT molecular complexity index is 1030. The first-order valence-corrected chi connectivity index (χ1v) is 10.3. The Morgan fingerprint density at radius 3 is 2.93 bits per heavy atom. The van der Waals surface area contributed by atoms with Crippen molar-refractivity contribution < 1.29 is 4.42 Å². The van der Waals surface area contributed by atoms with Gasteiger partial charge < -0.3 is 15.9 Å². The molecular formula is C20H23ClN8O. The molecule has 0 spiro atoms. The maximum Gasteiger partial charge on any atom is 0.248 e. The number of furan rings is 1. The minimum atomic E-state index is -0.839. The van der Waals surface area contributed by atoms with Crippen LogP contribution in [0.3, 0.4) is 0 Å². The van der Waals surface area contributed by atoms with Gasteiger partial charge in [0.2, 0.25) is 17.9 Å². The SMILES string of the molecule is NC1=NC2=NC(CC3CCCN3Cc3cccc(Cl)c3)(c3ccco3)NN2C(N)=N1. The molecule has 0 saturated carbocycles. The highest BCUT2D eigenvalue weighted by molar-refractivity contribution is 6.30. The molecule has 1 aromatic carbocycles. The standard InChI is InChI=1S/C20H23ClN8O/c21-14-5-1-4-13(10-14)12-28-8-2-6-15(28)11-20(16-7-3-9-30-16)26-19-25-17(22)24-18(23)29(19)27-20/h1,3-5,7,9-10,15,27H,2,6,8,11-12H2,(H4,22,23,24,25,26). The van der Waals surface area contributed by atoms with Crippen LogP contribution in [0.4, 0.5) is 0 Å².